The van der Waals surface area contributed by atoms with Gasteiger partial charge in [-0.3, -0.25) is 4.79 Å². The average Bonchev–Trinajstić information content (AvgIpc) is 2.61. The number of hydrogen-bond acceptors (Lipinski definition) is 5. The highest BCUT2D eigenvalue weighted by Crippen LogP contribution is 2.25. The van der Waals surface area contributed by atoms with E-state index >= 15 is 0 Å². The van der Waals surface area contributed by atoms with E-state index in [9.17, 15) is 13.6 Å². The number of benzene rings is 2. The summed E-state index contributed by atoms with van der Waals surface area (Å²) in [6.45, 7) is 0.0892. The van der Waals surface area contributed by atoms with Crippen molar-refractivity contribution in [3.63, 3.8) is 0 Å². The molecule has 27 heavy (non-hydrogen) atoms. The standard InChI is InChI=1S/C19H17F2N5O/c20-12-5-11(6-13(21)7-12)9-24-17-8-18(25-10-14(17)19(23)27)26-16-4-2-1-3-15(16)22/h1-8,10H,9,22H2,(H2,23,27)(H2,24,25,26). The molecule has 0 aliphatic heterocycles. The van der Waals surface area contributed by atoms with Gasteiger partial charge in [-0.15, -0.1) is 0 Å². The molecule has 6 N–H and O–H groups in total. The van der Waals surface area contributed by atoms with E-state index in [1.807, 2.05) is 6.07 Å². The van der Waals surface area contributed by atoms with E-state index in [0.29, 0.717) is 28.4 Å². The highest BCUT2D eigenvalue weighted by molar-refractivity contribution is 5.98. The van der Waals surface area contributed by atoms with Gasteiger partial charge in [0.2, 0.25) is 0 Å². The third kappa shape index (κ3) is 4.49. The summed E-state index contributed by atoms with van der Waals surface area (Å²) in [7, 11) is 0. The second-order valence-electron chi connectivity index (χ2n) is 5.82. The Labute approximate surface area is 154 Å². The molecule has 1 heterocycles. The van der Waals surface area contributed by atoms with E-state index in [1.165, 1.54) is 18.3 Å². The predicted octanol–water partition coefficient (Wildman–Crippen LogP) is 3.40. The fraction of sp³-hybridized carbons (Fsp3) is 0.0526. The van der Waals surface area contributed by atoms with Gasteiger partial charge in [-0.05, 0) is 29.8 Å². The molecule has 2 aromatic carbocycles. The Morgan fingerprint density at radius 1 is 1.04 bits per heavy atom. The zero-order chi connectivity index (χ0) is 19.4. The summed E-state index contributed by atoms with van der Waals surface area (Å²) in [5, 5.41) is 6.01. The van der Waals surface area contributed by atoms with Crippen molar-refractivity contribution in [2.75, 3.05) is 16.4 Å². The van der Waals surface area contributed by atoms with Crippen LogP contribution in [0.25, 0.3) is 0 Å². The van der Waals surface area contributed by atoms with Crippen LogP contribution in [0.3, 0.4) is 0 Å². The molecule has 138 valence electrons. The quantitative estimate of drug-likeness (QED) is 0.498. The number of carbonyl (C=O) groups is 1. The molecule has 0 bridgehead atoms. The first-order valence-corrected chi connectivity index (χ1v) is 8.02. The summed E-state index contributed by atoms with van der Waals surface area (Å²) in [6.07, 6.45) is 1.32. The van der Waals surface area contributed by atoms with Crippen molar-refractivity contribution in [3.8, 4) is 0 Å². The fourth-order valence-corrected chi connectivity index (χ4v) is 2.53. The minimum Gasteiger partial charge on any atom is -0.397 e. The summed E-state index contributed by atoms with van der Waals surface area (Å²) in [6, 6.07) is 11.9. The van der Waals surface area contributed by atoms with Crippen LogP contribution in [-0.4, -0.2) is 10.9 Å². The van der Waals surface area contributed by atoms with Gasteiger partial charge in [0.1, 0.15) is 17.5 Å². The molecule has 1 amide bonds. The Hall–Kier alpha value is -3.68. The number of nitrogen functional groups attached to an aromatic ring is 1. The van der Waals surface area contributed by atoms with Crippen LogP contribution in [0.5, 0.6) is 0 Å². The van der Waals surface area contributed by atoms with E-state index < -0.39 is 17.5 Å². The molecule has 8 heteroatoms. The third-order valence-corrected chi connectivity index (χ3v) is 3.80. The maximum atomic E-state index is 13.3. The summed E-state index contributed by atoms with van der Waals surface area (Å²) >= 11 is 0. The zero-order valence-electron chi connectivity index (χ0n) is 14.2. The van der Waals surface area contributed by atoms with Gasteiger partial charge >= 0.3 is 0 Å². The molecule has 3 aromatic rings. The number of amides is 1. The number of carbonyl (C=O) groups excluding carboxylic acids is 1. The van der Waals surface area contributed by atoms with E-state index in [4.69, 9.17) is 11.5 Å². The second-order valence-corrected chi connectivity index (χ2v) is 5.82. The zero-order valence-corrected chi connectivity index (χ0v) is 14.2. The first-order valence-electron chi connectivity index (χ1n) is 8.02. The molecule has 1 aromatic heterocycles. The van der Waals surface area contributed by atoms with Gasteiger partial charge in [0.15, 0.2) is 0 Å². The van der Waals surface area contributed by atoms with Crippen LogP contribution in [0.15, 0.2) is 54.7 Å². The first kappa shape index (κ1) is 18.1. The van der Waals surface area contributed by atoms with Gasteiger partial charge in [0.25, 0.3) is 5.91 Å². The van der Waals surface area contributed by atoms with Gasteiger partial charge in [0, 0.05) is 24.9 Å². The molecule has 6 nitrogen and oxygen atoms in total. The number of aromatic nitrogens is 1. The van der Waals surface area contributed by atoms with Gasteiger partial charge in [-0.2, -0.15) is 0 Å². The maximum Gasteiger partial charge on any atom is 0.252 e. The Morgan fingerprint density at radius 3 is 2.41 bits per heavy atom. The number of halogens is 2. The van der Waals surface area contributed by atoms with E-state index in [0.717, 1.165) is 6.07 Å². The number of rotatable bonds is 6. The lowest BCUT2D eigenvalue weighted by atomic mass is 10.1. The van der Waals surface area contributed by atoms with Crippen molar-refractivity contribution in [3.05, 3.63) is 77.5 Å². The van der Waals surface area contributed by atoms with E-state index in [-0.39, 0.29) is 12.1 Å². The number of pyridine rings is 1. The summed E-state index contributed by atoms with van der Waals surface area (Å²) in [5.41, 5.74) is 13.4. The van der Waals surface area contributed by atoms with Gasteiger partial charge < -0.3 is 22.1 Å². The highest BCUT2D eigenvalue weighted by Gasteiger charge is 2.11. The molecule has 0 atom stereocenters. The normalized spacial score (nSPS) is 10.4. The minimum absolute atomic E-state index is 0.0892. The summed E-state index contributed by atoms with van der Waals surface area (Å²) in [4.78, 5) is 15.8. The fourth-order valence-electron chi connectivity index (χ4n) is 2.53. The van der Waals surface area contributed by atoms with E-state index in [1.54, 1.807) is 24.3 Å². The minimum atomic E-state index is -0.682. The summed E-state index contributed by atoms with van der Waals surface area (Å²) in [5.74, 6) is -1.62. The number of para-hydroxylation sites is 2. The van der Waals surface area contributed by atoms with Crippen molar-refractivity contribution in [2.45, 2.75) is 6.54 Å². The molecule has 0 saturated carbocycles. The molecule has 0 aliphatic carbocycles. The van der Waals surface area contributed by atoms with Crippen LogP contribution in [0, 0.1) is 11.6 Å². The van der Waals surface area contributed by atoms with Crippen molar-refractivity contribution in [2.24, 2.45) is 5.73 Å². The lowest BCUT2D eigenvalue weighted by Gasteiger charge is -2.14. The molecule has 0 spiro atoms. The van der Waals surface area contributed by atoms with Crippen molar-refractivity contribution in [1.29, 1.82) is 0 Å². The topological polar surface area (TPSA) is 106 Å². The molecular formula is C19H17F2N5O. The largest absolute Gasteiger partial charge is 0.397 e. The number of hydrogen-bond donors (Lipinski definition) is 4. The van der Waals surface area contributed by atoms with Crippen LogP contribution in [0.1, 0.15) is 15.9 Å². The predicted molar refractivity (Wildman–Crippen MR) is 101 cm³/mol. The average molecular weight is 369 g/mol. The number of nitrogens with two attached hydrogens (primary N) is 2. The molecule has 0 aliphatic rings. The number of primary amides is 1. The molecule has 3 rings (SSSR count). The molecule has 0 radical (unpaired) electrons. The molecular weight excluding hydrogens is 352 g/mol. The van der Waals surface area contributed by atoms with Crippen molar-refractivity contribution < 1.29 is 13.6 Å². The Morgan fingerprint density at radius 2 is 1.74 bits per heavy atom. The second kappa shape index (κ2) is 7.69. The SMILES string of the molecule is NC(=O)c1cnc(Nc2ccccc2N)cc1NCc1cc(F)cc(F)c1. The van der Waals surface area contributed by atoms with Gasteiger partial charge in [-0.1, -0.05) is 12.1 Å². The van der Waals surface area contributed by atoms with Gasteiger partial charge in [-0.25, -0.2) is 13.8 Å². The maximum absolute atomic E-state index is 13.3. The third-order valence-electron chi connectivity index (χ3n) is 3.80. The molecule has 0 saturated heterocycles. The highest BCUT2D eigenvalue weighted by atomic mass is 19.1. The van der Waals surface area contributed by atoms with Crippen molar-refractivity contribution in [1.82, 2.24) is 4.98 Å². The Kier molecular flexibility index (Phi) is 5.16. The molecule has 0 fully saturated rings. The van der Waals surface area contributed by atoms with Crippen LogP contribution >= 0.6 is 0 Å². The number of anilines is 4. The number of nitrogens with one attached hydrogen (secondary N) is 2. The van der Waals surface area contributed by atoms with E-state index in [2.05, 4.69) is 15.6 Å². The summed E-state index contributed by atoms with van der Waals surface area (Å²) < 4.78 is 26.7. The van der Waals surface area contributed by atoms with Gasteiger partial charge in [0.05, 0.1) is 22.6 Å². The first-order chi connectivity index (χ1) is 12.9. The van der Waals surface area contributed by atoms with Crippen LogP contribution in [-0.2, 0) is 6.54 Å². The number of nitrogens with zero attached hydrogens (tertiary/aromatic N) is 1. The Bertz CT molecular complexity index is 973. The van der Waals surface area contributed by atoms with Crippen LogP contribution in [0.4, 0.5) is 31.7 Å². The van der Waals surface area contributed by atoms with Crippen LogP contribution < -0.4 is 22.1 Å². The van der Waals surface area contributed by atoms with Crippen molar-refractivity contribution >= 4 is 28.8 Å². The lowest BCUT2D eigenvalue weighted by molar-refractivity contribution is 0.100. The van der Waals surface area contributed by atoms with Crippen LogP contribution in [0.2, 0.25) is 0 Å². The molecule has 0 unspecified atom stereocenters. The Balaban J connectivity index is 1.85. The monoisotopic (exact) mass is 369 g/mol. The smallest absolute Gasteiger partial charge is 0.252 e. The lowest BCUT2D eigenvalue weighted by Crippen LogP contribution is -2.15.